The minimum atomic E-state index is -0.0559. The van der Waals surface area contributed by atoms with E-state index in [1.165, 1.54) is 11.1 Å². The maximum Gasteiger partial charge on any atom is 0.252 e. The van der Waals surface area contributed by atoms with Crippen molar-refractivity contribution >= 4 is 40.1 Å². The van der Waals surface area contributed by atoms with E-state index >= 15 is 0 Å². The van der Waals surface area contributed by atoms with Crippen LogP contribution in [0.3, 0.4) is 0 Å². The molecular weight excluding hydrogens is 385 g/mol. The van der Waals surface area contributed by atoms with E-state index in [9.17, 15) is 4.79 Å². The average molecular weight is 400 g/mol. The zero-order valence-corrected chi connectivity index (χ0v) is 14.0. The van der Waals surface area contributed by atoms with Crippen LogP contribution in [0.1, 0.15) is 21.5 Å². The highest BCUT2D eigenvalue weighted by Gasteiger charge is 2.09. The van der Waals surface area contributed by atoms with Crippen LogP contribution in [0.25, 0.3) is 0 Å². The lowest BCUT2D eigenvalue weighted by atomic mass is 10.1. The topological polar surface area (TPSA) is 29.1 Å². The van der Waals surface area contributed by atoms with E-state index < -0.39 is 0 Å². The molecule has 2 aromatic rings. The number of aryl methyl sites for hydroxylation is 1. The molecule has 0 saturated heterocycles. The van der Waals surface area contributed by atoms with Gasteiger partial charge in [-0.2, -0.15) is 0 Å². The van der Waals surface area contributed by atoms with Gasteiger partial charge in [0.1, 0.15) is 0 Å². The summed E-state index contributed by atoms with van der Waals surface area (Å²) in [7, 11) is 0. The number of nitrogens with one attached hydrogen (secondary N) is 1. The Labute approximate surface area is 137 Å². The normalized spacial score (nSPS) is 10.3. The Kier molecular flexibility index (Phi) is 5.43. The quantitative estimate of drug-likeness (QED) is 0.766. The average Bonchev–Trinajstić information content (AvgIpc) is 2.40. The molecule has 2 nitrogen and oxygen atoms in total. The van der Waals surface area contributed by atoms with Crippen LogP contribution in [0.4, 0.5) is 0 Å². The third kappa shape index (κ3) is 3.96. The Morgan fingerprint density at radius 3 is 2.70 bits per heavy atom. The van der Waals surface area contributed by atoms with Crippen molar-refractivity contribution in [3.8, 4) is 0 Å². The summed E-state index contributed by atoms with van der Waals surface area (Å²) in [5, 5.41) is 3.59. The van der Waals surface area contributed by atoms with Crippen LogP contribution in [0, 0.1) is 10.5 Å². The van der Waals surface area contributed by atoms with Crippen molar-refractivity contribution in [2.45, 2.75) is 13.3 Å². The molecule has 0 spiro atoms. The Bertz CT molecular complexity index is 628. The van der Waals surface area contributed by atoms with Crippen molar-refractivity contribution in [1.82, 2.24) is 5.32 Å². The third-order valence-corrected chi connectivity index (χ3v) is 4.24. The number of carbonyl (C=O) groups excluding carboxylic acids is 1. The van der Waals surface area contributed by atoms with Gasteiger partial charge in [0.15, 0.2) is 0 Å². The maximum absolute atomic E-state index is 12.1. The molecule has 0 aliphatic carbocycles. The summed E-state index contributed by atoms with van der Waals surface area (Å²) in [5.41, 5.74) is 3.18. The van der Waals surface area contributed by atoms with E-state index in [4.69, 9.17) is 11.6 Å². The zero-order chi connectivity index (χ0) is 14.5. The molecule has 4 heteroatoms. The van der Waals surface area contributed by atoms with Gasteiger partial charge in [-0.1, -0.05) is 35.9 Å². The molecule has 2 rings (SSSR count). The minimum Gasteiger partial charge on any atom is -0.352 e. The van der Waals surface area contributed by atoms with E-state index in [0.29, 0.717) is 17.1 Å². The molecule has 1 N–H and O–H groups in total. The third-order valence-electron chi connectivity index (χ3n) is 3.12. The largest absolute Gasteiger partial charge is 0.352 e. The van der Waals surface area contributed by atoms with Crippen LogP contribution in [0.2, 0.25) is 5.02 Å². The monoisotopic (exact) mass is 399 g/mol. The lowest BCUT2D eigenvalue weighted by molar-refractivity contribution is 0.0953. The predicted octanol–water partition coefficient (Wildman–Crippen LogP) is 4.23. The van der Waals surface area contributed by atoms with Gasteiger partial charge in [0.2, 0.25) is 0 Å². The highest BCUT2D eigenvalue weighted by molar-refractivity contribution is 14.1. The molecule has 0 aliphatic heterocycles. The first-order chi connectivity index (χ1) is 9.58. The molecule has 20 heavy (non-hydrogen) atoms. The standard InChI is InChI=1S/C16H15ClINO/c1-11-4-2-3-5-12(11)8-9-19-16(20)14-7-6-13(17)10-15(14)18/h2-7,10H,8-9H2,1H3,(H,19,20). The van der Waals surface area contributed by atoms with E-state index in [2.05, 4.69) is 47.0 Å². The van der Waals surface area contributed by atoms with Crippen molar-refractivity contribution < 1.29 is 4.79 Å². The lowest BCUT2D eigenvalue weighted by Crippen LogP contribution is -2.26. The first-order valence-corrected chi connectivity index (χ1v) is 7.81. The second-order valence-electron chi connectivity index (χ2n) is 4.56. The Hall–Kier alpha value is -1.07. The van der Waals surface area contributed by atoms with Gasteiger partial charge in [0.25, 0.3) is 5.91 Å². The lowest BCUT2D eigenvalue weighted by Gasteiger charge is -2.09. The summed E-state index contributed by atoms with van der Waals surface area (Å²) in [6.07, 6.45) is 0.836. The maximum atomic E-state index is 12.1. The number of hydrogen-bond donors (Lipinski definition) is 1. The number of carbonyl (C=O) groups is 1. The van der Waals surface area contributed by atoms with E-state index in [0.717, 1.165) is 9.99 Å². The number of rotatable bonds is 4. The van der Waals surface area contributed by atoms with Gasteiger partial charge in [-0.25, -0.2) is 0 Å². The Balaban J connectivity index is 1.94. The highest BCUT2D eigenvalue weighted by Crippen LogP contribution is 2.18. The smallest absolute Gasteiger partial charge is 0.252 e. The second-order valence-corrected chi connectivity index (χ2v) is 6.16. The van der Waals surface area contributed by atoms with Crippen molar-refractivity contribution in [1.29, 1.82) is 0 Å². The van der Waals surface area contributed by atoms with Gasteiger partial charge >= 0.3 is 0 Å². The molecule has 0 aromatic heterocycles. The van der Waals surface area contributed by atoms with Gasteiger partial charge in [0, 0.05) is 15.1 Å². The molecule has 0 unspecified atom stereocenters. The molecule has 1 amide bonds. The number of benzene rings is 2. The van der Waals surface area contributed by atoms with Gasteiger partial charge in [0.05, 0.1) is 5.56 Å². The highest BCUT2D eigenvalue weighted by atomic mass is 127. The van der Waals surface area contributed by atoms with Crippen LogP contribution in [-0.2, 0) is 6.42 Å². The fourth-order valence-corrected chi connectivity index (χ4v) is 3.09. The van der Waals surface area contributed by atoms with E-state index in [1.807, 2.05) is 12.1 Å². The van der Waals surface area contributed by atoms with Gasteiger partial charge < -0.3 is 5.32 Å². The molecule has 0 heterocycles. The van der Waals surface area contributed by atoms with Crippen LogP contribution < -0.4 is 5.32 Å². The first-order valence-electron chi connectivity index (χ1n) is 6.35. The van der Waals surface area contributed by atoms with Crippen LogP contribution in [-0.4, -0.2) is 12.5 Å². The predicted molar refractivity (Wildman–Crippen MR) is 91.4 cm³/mol. The second kappa shape index (κ2) is 7.09. The summed E-state index contributed by atoms with van der Waals surface area (Å²) < 4.78 is 0.864. The van der Waals surface area contributed by atoms with Crippen LogP contribution in [0.15, 0.2) is 42.5 Å². The molecule has 104 valence electrons. The summed E-state index contributed by atoms with van der Waals surface area (Å²) in [6, 6.07) is 13.5. The summed E-state index contributed by atoms with van der Waals surface area (Å²) in [4.78, 5) is 12.1. The van der Waals surface area contributed by atoms with Crippen LogP contribution in [0.5, 0.6) is 0 Å². The van der Waals surface area contributed by atoms with Crippen molar-refractivity contribution in [2.24, 2.45) is 0 Å². The molecule has 0 aliphatic rings. The summed E-state index contributed by atoms with van der Waals surface area (Å²) >= 11 is 8.01. The fraction of sp³-hybridized carbons (Fsp3) is 0.188. The number of hydrogen-bond acceptors (Lipinski definition) is 1. The Morgan fingerprint density at radius 1 is 1.25 bits per heavy atom. The van der Waals surface area contributed by atoms with E-state index in [-0.39, 0.29) is 5.91 Å². The molecule has 0 saturated carbocycles. The molecular formula is C16H15ClINO. The fourth-order valence-electron chi connectivity index (χ4n) is 1.97. The first kappa shape index (κ1) is 15.3. The Morgan fingerprint density at radius 2 is 2.00 bits per heavy atom. The van der Waals surface area contributed by atoms with Crippen LogP contribution >= 0.6 is 34.2 Å². The summed E-state index contributed by atoms with van der Waals surface area (Å²) in [6.45, 7) is 2.71. The van der Waals surface area contributed by atoms with Crippen molar-refractivity contribution in [3.63, 3.8) is 0 Å². The van der Waals surface area contributed by atoms with Crippen molar-refractivity contribution in [2.75, 3.05) is 6.54 Å². The SMILES string of the molecule is Cc1ccccc1CCNC(=O)c1ccc(Cl)cc1I. The molecule has 2 aromatic carbocycles. The molecule has 0 radical (unpaired) electrons. The van der Waals surface area contributed by atoms with Crippen molar-refractivity contribution in [3.05, 3.63) is 67.7 Å². The van der Waals surface area contributed by atoms with Gasteiger partial charge in [-0.3, -0.25) is 4.79 Å². The number of amides is 1. The number of halogens is 2. The van der Waals surface area contributed by atoms with Gasteiger partial charge in [-0.15, -0.1) is 0 Å². The summed E-state index contributed by atoms with van der Waals surface area (Å²) in [5.74, 6) is -0.0559. The molecule has 0 atom stereocenters. The van der Waals surface area contributed by atoms with E-state index in [1.54, 1.807) is 18.2 Å². The van der Waals surface area contributed by atoms with Gasteiger partial charge in [-0.05, 0) is 65.3 Å². The molecule has 0 bridgehead atoms. The zero-order valence-electron chi connectivity index (χ0n) is 11.1. The molecule has 0 fully saturated rings. The minimum absolute atomic E-state index is 0.0559.